The Morgan fingerprint density at radius 2 is 2.35 bits per heavy atom. The van der Waals surface area contributed by atoms with Crippen molar-refractivity contribution in [2.75, 3.05) is 6.54 Å². The predicted octanol–water partition coefficient (Wildman–Crippen LogP) is 3.29. The van der Waals surface area contributed by atoms with Crippen molar-refractivity contribution >= 4 is 17.5 Å². The maximum atomic E-state index is 11.7. The molecule has 1 aromatic carbocycles. The Bertz CT molecular complexity index is 417. The molecule has 92 valence electrons. The molecule has 1 aromatic rings. The fourth-order valence-corrected chi connectivity index (χ4v) is 2.61. The van der Waals surface area contributed by atoms with Crippen LogP contribution in [0.4, 0.5) is 0 Å². The zero-order chi connectivity index (χ0) is 12.3. The second-order valence-corrected chi connectivity index (χ2v) is 5.07. The molecule has 0 saturated carbocycles. The lowest BCUT2D eigenvalue weighted by Crippen LogP contribution is -2.25. The van der Waals surface area contributed by atoms with E-state index in [4.69, 9.17) is 11.6 Å². The Hall–Kier alpha value is -1.02. The van der Waals surface area contributed by atoms with E-state index in [1.165, 1.54) is 11.1 Å². The van der Waals surface area contributed by atoms with E-state index in [9.17, 15) is 4.79 Å². The summed E-state index contributed by atoms with van der Waals surface area (Å²) in [4.78, 5) is 11.7. The minimum atomic E-state index is 0.157. The van der Waals surface area contributed by atoms with E-state index in [-0.39, 0.29) is 5.91 Å². The van der Waals surface area contributed by atoms with Gasteiger partial charge >= 0.3 is 0 Å². The average Bonchev–Trinajstić information content (AvgIpc) is 2.69. The van der Waals surface area contributed by atoms with Crippen molar-refractivity contribution in [3.05, 3.63) is 34.3 Å². The van der Waals surface area contributed by atoms with Gasteiger partial charge in [0.15, 0.2) is 0 Å². The van der Waals surface area contributed by atoms with Crippen LogP contribution in [0.3, 0.4) is 0 Å². The molecule has 17 heavy (non-hydrogen) atoms. The van der Waals surface area contributed by atoms with Crippen LogP contribution in [0, 0.1) is 0 Å². The molecule has 1 atom stereocenters. The van der Waals surface area contributed by atoms with Gasteiger partial charge in [0.05, 0.1) is 0 Å². The van der Waals surface area contributed by atoms with E-state index in [1.807, 2.05) is 12.1 Å². The van der Waals surface area contributed by atoms with Gasteiger partial charge in [-0.1, -0.05) is 24.6 Å². The molecule has 0 aromatic heterocycles. The minimum Gasteiger partial charge on any atom is -0.356 e. The largest absolute Gasteiger partial charge is 0.356 e. The highest BCUT2D eigenvalue weighted by molar-refractivity contribution is 6.30. The lowest BCUT2D eigenvalue weighted by molar-refractivity contribution is -0.121. The highest BCUT2D eigenvalue weighted by Crippen LogP contribution is 2.36. The Morgan fingerprint density at radius 3 is 3.12 bits per heavy atom. The Balaban J connectivity index is 2.01. The van der Waals surface area contributed by atoms with Crippen LogP contribution in [-0.2, 0) is 11.2 Å². The van der Waals surface area contributed by atoms with Gasteiger partial charge < -0.3 is 5.32 Å². The zero-order valence-electron chi connectivity index (χ0n) is 10.1. The smallest absolute Gasteiger partial charge is 0.220 e. The highest BCUT2D eigenvalue weighted by Gasteiger charge is 2.24. The molecule has 1 aliphatic rings. The van der Waals surface area contributed by atoms with Crippen LogP contribution in [0.15, 0.2) is 18.2 Å². The molecule has 2 rings (SSSR count). The van der Waals surface area contributed by atoms with Crippen LogP contribution in [0.2, 0.25) is 5.02 Å². The monoisotopic (exact) mass is 251 g/mol. The third-order valence-electron chi connectivity index (χ3n) is 3.31. The molecule has 0 fully saturated rings. The molecular formula is C14H18ClNO. The van der Waals surface area contributed by atoms with Crippen molar-refractivity contribution in [3.63, 3.8) is 0 Å². The number of carbonyl (C=O) groups excluding carboxylic acids is 1. The number of fused-ring (bicyclic) bond motifs is 1. The summed E-state index contributed by atoms with van der Waals surface area (Å²) in [5.74, 6) is 0.505. The molecule has 0 aliphatic heterocycles. The summed E-state index contributed by atoms with van der Waals surface area (Å²) in [5.41, 5.74) is 2.62. The maximum Gasteiger partial charge on any atom is 0.220 e. The first-order chi connectivity index (χ1) is 8.20. The molecule has 2 nitrogen and oxygen atoms in total. The highest BCUT2D eigenvalue weighted by atomic mass is 35.5. The van der Waals surface area contributed by atoms with Crippen LogP contribution >= 0.6 is 11.6 Å². The lowest BCUT2D eigenvalue weighted by Gasteiger charge is -2.11. The first-order valence-corrected chi connectivity index (χ1v) is 6.63. The van der Waals surface area contributed by atoms with E-state index < -0.39 is 0 Å². The topological polar surface area (TPSA) is 29.1 Å². The number of aryl methyl sites for hydroxylation is 1. The number of carbonyl (C=O) groups is 1. The van der Waals surface area contributed by atoms with Crippen LogP contribution in [-0.4, -0.2) is 12.5 Å². The molecule has 3 heteroatoms. The van der Waals surface area contributed by atoms with Crippen LogP contribution in [0.25, 0.3) is 0 Å². The third kappa shape index (κ3) is 3.01. The first-order valence-electron chi connectivity index (χ1n) is 6.25. The molecule has 0 radical (unpaired) electrons. The number of halogens is 1. The van der Waals surface area contributed by atoms with E-state index in [0.717, 1.165) is 30.8 Å². The summed E-state index contributed by atoms with van der Waals surface area (Å²) in [7, 11) is 0. The van der Waals surface area contributed by atoms with Gasteiger partial charge in [0, 0.05) is 18.0 Å². The van der Waals surface area contributed by atoms with Gasteiger partial charge in [-0.25, -0.2) is 0 Å². The van der Waals surface area contributed by atoms with Gasteiger partial charge in [0.1, 0.15) is 0 Å². The van der Waals surface area contributed by atoms with E-state index in [2.05, 4.69) is 18.3 Å². The van der Waals surface area contributed by atoms with Crippen LogP contribution in [0.1, 0.15) is 43.2 Å². The molecule has 0 saturated heterocycles. The second-order valence-electron chi connectivity index (χ2n) is 4.63. The van der Waals surface area contributed by atoms with Crippen molar-refractivity contribution in [1.29, 1.82) is 0 Å². The summed E-state index contributed by atoms with van der Waals surface area (Å²) < 4.78 is 0. The molecule has 1 unspecified atom stereocenters. The van der Waals surface area contributed by atoms with Crippen molar-refractivity contribution in [3.8, 4) is 0 Å². The van der Waals surface area contributed by atoms with Gasteiger partial charge in [0.25, 0.3) is 0 Å². The molecule has 0 bridgehead atoms. The van der Waals surface area contributed by atoms with Crippen molar-refractivity contribution < 1.29 is 4.79 Å². The summed E-state index contributed by atoms with van der Waals surface area (Å²) in [6.45, 7) is 2.83. The normalized spacial score (nSPS) is 17.9. The average molecular weight is 252 g/mol. The summed E-state index contributed by atoms with van der Waals surface area (Å²) in [6.07, 6.45) is 3.71. The summed E-state index contributed by atoms with van der Waals surface area (Å²) in [6, 6.07) is 6.03. The number of nitrogens with one attached hydrogen (secondary N) is 1. The summed E-state index contributed by atoms with van der Waals surface area (Å²) >= 11 is 6.01. The Labute approximate surface area is 107 Å². The maximum absolute atomic E-state index is 11.7. The molecule has 0 spiro atoms. The molecule has 1 N–H and O–H groups in total. The molecule has 1 aliphatic carbocycles. The number of hydrogen-bond acceptors (Lipinski definition) is 1. The number of benzene rings is 1. The predicted molar refractivity (Wildman–Crippen MR) is 70.4 cm³/mol. The van der Waals surface area contributed by atoms with Crippen molar-refractivity contribution in [2.45, 2.75) is 38.5 Å². The second kappa shape index (κ2) is 5.54. The quantitative estimate of drug-likeness (QED) is 0.874. The Morgan fingerprint density at radius 1 is 1.53 bits per heavy atom. The van der Waals surface area contributed by atoms with Crippen LogP contribution in [0.5, 0.6) is 0 Å². The van der Waals surface area contributed by atoms with Gasteiger partial charge in [-0.2, -0.15) is 0 Å². The molecule has 1 amide bonds. The van der Waals surface area contributed by atoms with Gasteiger partial charge in [0.2, 0.25) is 5.91 Å². The zero-order valence-corrected chi connectivity index (χ0v) is 10.9. The van der Waals surface area contributed by atoms with Crippen molar-refractivity contribution in [1.82, 2.24) is 5.32 Å². The van der Waals surface area contributed by atoms with Crippen molar-refractivity contribution in [2.24, 2.45) is 0 Å². The molecule has 0 heterocycles. The lowest BCUT2D eigenvalue weighted by atomic mass is 9.97. The Kier molecular flexibility index (Phi) is 4.06. The molecular weight excluding hydrogens is 234 g/mol. The van der Waals surface area contributed by atoms with Gasteiger partial charge in [-0.05, 0) is 48.4 Å². The van der Waals surface area contributed by atoms with E-state index in [0.29, 0.717) is 12.3 Å². The fraction of sp³-hybridized carbons (Fsp3) is 0.500. The van der Waals surface area contributed by atoms with E-state index in [1.54, 1.807) is 0 Å². The van der Waals surface area contributed by atoms with Gasteiger partial charge in [-0.15, -0.1) is 0 Å². The minimum absolute atomic E-state index is 0.157. The fourth-order valence-electron chi connectivity index (χ4n) is 2.43. The standard InChI is InChI=1S/C14H18ClNO/c1-2-7-16-14(17)8-11-4-3-10-5-6-12(15)9-13(10)11/h5-6,9,11H,2-4,7-8H2,1H3,(H,16,17). The van der Waals surface area contributed by atoms with Gasteiger partial charge in [-0.3, -0.25) is 4.79 Å². The number of amides is 1. The SMILES string of the molecule is CCCNC(=O)CC1CCc2ccc(Cl)cc21. The van der Waals surface area contributed by atoms with Crippen LogP contribution < -0.4 is 5.32 Å². The van der Waals surface area contributed by atoms with E-state index >= 15 is 0 Å². The number of rotatable bonds is 4. The summed E-state index contributed by atoms with van der Waals surface area (Å²) in [5, 5.41) is 3.70. The third-order valence-corrected chi connectivity index (χ3v) is 3.55. The first kappa shape index (κ1) is 12.4. The number of hydrogen-bond donors (Lipinski definition) is 1.